The van der Waals surface area contributed by atoms with Crippen LogP contribution in [0.4, 0.5) is 24.5 Å². The van der Waals surface area contributed by atoms with Crippen LogP contribution in [0.5, 0.6) is 0 Å². The number of amides is 1. The number of nitriles is 1. The highest BCUT2D eigenvalue weighted by molar-refractivity contribution is 6.32. The number of ether oxygens (including phenoxy) is 1. The third-order valence-corrected chi connectivity index (χ3v) is 4.43. The van der Waals surface area contributed by atoms with Crippen LogP contribution in [-0.2, 0) is 9.53 Å². The van der Waals surface area contributed by atoms with Crippen LogP contribution in [0.3, 0.4) is 0 Å². The molecule has 1 aromatic carbocycles. The molecular weight excluding hydrogens is 420 g/mol. The van der Waals surface area contributed by atoms with Crippen molar-refractivity contribution >= 4 is 40.5 Å². The van der Waals surface area contributed by atoms with Crippen LogP contribution in [0.25, 0.3) is 0 Å². The number of carbonyl (C=O) groups is 1. The van der Waals surface area contributed by atoms with Crippen molar-refractivity contribution in [2.45, 2.75) is 18.5 Å². The summed E-state index contributed by atoms with van der Waals surface area (Å²) in [5.41, 5.74) is 0.476. The molecule has 28 heavy (non-hydrogen) atoms. The summed E-state index contributed by atoms with van der Waals surface area (Å²) in [6.07, 6.45) is -7.15. The Morgan fingerprint density at radius 2 is 2.07 bits per heavy atom. The van der Waals surface area contributed by atoms with Crippen LogP contribution in [0.1, 0.15) is 5.56 Å². The molecule has 1 saturated heterocycles. The quantitative estimate of drug-likeness (QED) is 0.744. The van der Waals surface area contributed by atoms with Crippen molar-refractivity contribution in [1.82, 2.24) is 4.98 Å². The number of hydrogen-bond donors (Lipinski definition) is 1. The number of halogens is 5. The first-order valence-corrected chi connectivity index (χ1v) is 8.55. The van der Waals surface area contributed by atoms with Crippen molar-refractivity contribution in [3.05, 3.63) is 52.3 Å². The minimum atomic E-state index is -4.75. The van der Waals surface area contributed by atoms with Gasteiger partial charge in [0, 0.05) is 17.6 Å². The van der Waals surface area contributed by atoms with Gasteiger partial charge in [0.15, 0.2) is 6.10 Å². The van der Waals surface area contributed by atoms with Crippen molar-refractivity contribution in [2.24, 2.45) is 0 Å². The molecule has 2 aromatic rings. The lowest BCUT2D eigenvalue weighted by Gasteiger charge is -2.26. The van der Waals surface area contributed by atoms with Gasteiger partial charge < -0.3 is 15.0 Å². The summed E-state index contributed by atoms with van der Waals surface area (Å²) in [7, 11) is 0. The lowest BCUT2D eigenvalue weighted by Crippen LogP contribution is -2.42. The minimum absolute atomic E-state index is 0.000235. The van der Waals surface area contributed by atoms with E-state index in [1.54, 1.807) is 0 Å². The van der Waals surface area contributed by atoms with Gasteiger partial charge in [0.1, 0.15) is 11.2 Å². The van der Waals surface area contributed by atoms with Crippen molar-refractivity contribution in [1.29, 1.82) is 5.26 Å². The molecule has 1 amide bonds. The zero-order valence-electron chi connectivity index (χ0n) is 13.9. The van der Waals surface area contributed by atoms with Gasteiger partial charge in [-0.05, 0) is 30.3 Å². The molecule has 1 aromatic heterocycles. The Hall–Kier alpha value is -2.54. The topological polar surface area (TPSA) is 78.3 Å². The van der Waals surface area contributed by atoms with Gasteiger partial charge in [0.05, 0.1) is 17.1 Å². The Kier molecular flexibility index (Phi) is 5.65. The maximum atomic E-state index is 13.4. The largest absolute Gasteiger partial charge is 0.433 e. The smallest absolute Gasteiger partial charge is 0.335 e. The molecule has 0 aliphatic carbocycles. The van der Waals surface area contributed by atoms with Crippen molar-refractivity contribution < 1.29 is 22.7 Å². The summed E-state index contributed by atoms with van der Waals surface area (Å²) in [4.78, 5) is 17.0. The van der Waals surface area contributed by atoms with Crippen LogP contribution in [0.2, 0.25) is 10.2 Å². The number of aromatic nitrogens is 1. The number of hydrogen-bond acceptors (Lipinski definition) is 5. The minimum Gasteiger partial charge on any atom is -0.335 e. The van der Waals surface area contributed by atoms with E-state index in [1.807, 2.05) is 6.07 Å². The number of anilines is 2. The fraction of sp³-hybridized carbons (Fsp3) is 0.235. The highest BCUT2D eigenvalue weighted by atomic mass is 35.5. The van der Waals surface area contributed by atoms with Crippen molar-refractivity contribution in [3.63, 3.8) is 0 Å². The normalized spacial score (nSPS) is 19.4. The Bertz CT molecular complexity index is 949. The predicted molar refractivity (Wildman–Crippen MR) is 96.1 cm³/mol. The average Bonchev–Trinajstić information content (AvgIpc) is 3.07. The van der Waals surface area contributed by atoms with E-state index in [-0.39, 0.29) is 33.7 Å². The first-order valence-electron chi connectivity index (χ1n) is 7.80. The van der Waals surface area contributed by atoms with E-state index in [2.05, 4.69) is 10.3 Å². The molecule has 1 aliphatic heterocycles. The number of alkyl halides is 3. The molecule has 0 spiro atoms. The van der Waals surface area contributed by atoms with E-state index >= 15 is 0 Å². The van der Waals surface area contributed by atoms with Gasteiger partial charge >= 0.3 is 6.18 Å². The molecule has 11 heteroatoms. The number of benzene rings is 1. The molecular formula is C17H11Cl2F3N4O2. The zero-order chi connectivity index (χ0) is 20.5. The second-order valence-corrected chi connectivity index (χ2v) is 6.60. The third kappa shape index (κ3) is 4.30. The van der Waals surface area contributed by atoms with Gasteiger partial charge in [0.25, 0.3) is 5.91 Å². The van der Waals surface area contributed by atoms with Crippen LogP contribution < -0.4 is 10.2 Å². The molecule has 146 valence electrons. The predicted octanol–water partition coefficient (Wildman–Crippen LogP) is 3.99. The molecule has 1 aliphatic rings. The van der Waals surface area contributed by atoms with Gasteiger partial charge in [-0.2, -0.15) is 18.4 Å². The Labute approximate surface area is 167 Å². The number of nitrogens with one attached hydrogen (secondary N) is 1. The standard InChI is InChI=1S/C17H11Cl2F3N4O2/c18-12-6-11(2-1-9(12)7-23)26-8-13(28-16(26)17(20,21)22)15(27)25-10-3-4-24-14(19)5-10/h1-6,13,16H,8H2,(H,24,25,27)/t13-,16+/m0/s1. The number of pyridine rings is 1. The average molecular weight is 431 g/mol. The van der Waals surface area contributed by atoms with E-state index in [0.29, 0.717) is 0 Å². The van der Waals surface area contributed by atoms with E-state index in [1.165, 1.54) is 36.5 Å². The summed E-state index contributed by atoms with van der Waals surface area (Å²) in [5, 5.41) is 11.5. The summed E-state index contributed by atoms with van der Waals surface area (Å²) < 4.78 is 45.3. The molecule has 3 rings (SSSR count). The maximum Gasteiger partial charge on any atom is 0.433 e. The van der Waals surface area contributed by atoms with Gasteiger partial charge in [-0.15, -0.1) is 0 Å². The maximum absolute atomic E-state index is 13.4. The number of carbonyl (C=O) groups excluding carboxylic acids is 1. The van der Waals surface area contributed by atoms with E-state index in [0.717, 1.165) is 4.90 Å². The molecule has 0 radical (unpaired) electrons. The molecule has 2 heterocycles. The van der Waals surface area contributed by atoms with Gasteiger partial charge in [0.2, 0.25) is 6.23 Å². The molecule has 0 unspecified atom stereocenters. The molecule has 1 fully saturated rings. The molecule has 6 nitrogen and oxygen atoms in total. The van der Waals surface area contributed by atoms with E-state index in [4.69, 9.17) is 33.2 Å². The highest BCUT2D eigenvalue weighted by Gasteiger charge is 2.52. The lowest BCUT2D eigenvalue weighted by atomic mass is 10.2. The summed E-state index contributed by atoms with van der Waals surface area (Å²) in [6.45, 7) is -0.364. The van der Waals surface area contributed by atoms with Crippen LogP contribution in [0.15, 0.2) is 36.5 Å². The Morgan fingerprint density at radius 3 is 2.68 bits per heavy atom. The second kappa shape index (κ2) is 7.83. The van der Waals surface area contributed by atoms with Crippen molar-refractivity contribution in [2.75, 3.05) is 16.8 Å². The number of nitrogens with zero attached hydrogens (tertiary/aromatic N) is 3. The fourth-order valence-corrected chi connectivity index (χ4v) is 3.05. The highest BCUT2D eigenvalue weighted by Crippen LogP contribution is 2.36. The SMILES string of the molecule is N#Cc1ccc(N2C[C@@H](C(=O)Nc3ccnc(Cl)c3)O[C@@H]2C(F)(F)F)cc1Cl. The van der Waals surface area contributed by atoms with E-state index < -0.39 is 24.4 Å². The fourth-order valence-electron chi connectivity index (χ4n) is 2.66. The molecule has 0 bridgehead atoms. The van der Waals surface area contributed by atoms with Gasteiger partial charge in [-0.25, -0.2) is 4.98 Å². The number of rotatable bonds is 3. The first kappa shape index (κ1) is 20.2. The Morgan fingerprint density at radius 1 is 1.32 bits per heavy atom. The third-order valence-electron chi connectivity index (χ3n) is 3.91. The molecule has 0 saturated carbocycles. The molecule has 2 atom stereocenters. The molecule has 1 N–H and O–H groups in total. The monoisotopic (exact) mass is 430 g/mol. The Balaban J connectivity index is 1.84. The van der Waals surface area contributed by atoms with E-state index in [9.17, 15) is 18.0 Å². The van der Waals surface area contributed by atoms with Crippen LogP contribution in [0, 0.1) is 11.3 Å². The summed E-state index contributed by atoms with van der Waals surface area (Å²) in [6, 6.07) is 8.47. The van der Waals surface area contributed by atoms with Crippen molar-refractivity contribution in [3.8, 4) is 6.07 Å². The lowest BCUT2D eigenvalue weighted by molar-refractivity contribution is -0.212. The van der Waals surface area contributed by atoms with Gasteiger partial charge in [-0.1, -0.05) is 23.2 Å². The summed E-state index contributed by atoms with van der Waals surface area (Å²) in [5.74, 6) is -0.765. The zero-order valence-corrected chi connectivity index (χ0v) is 15.4. The van der Waals surface area contributed by atoms with Crippen LogP contribution in [-0.4, -0.2) is 35.9 Å². The first-order chi connectivity index (χ1) is 13.2. The van der Waals surface area contributed by atoms with Crippen LogP contribution >= 0.6 is 23.2 Å². The van der Waals surface area contributed by atoms with Gasteiger partial charge in [-0.3, -0.25) is 4.79 Å². The second-order valence-electron chi connectivity index (χ2n) is 5.80. The summed E-state index contributed by atoms with van der Waals surface area (Å²) >= 11 is 11.6.